The molecule has 1 aliphatic rings. The van der Waals surface area contributed by atoms with E-state index < -0.39 is 59.4 Å². The number of nitrogens with one attached hydrogen (secondary N) is 2. The summed E-state index contributed by atoms with van der Waals surface area (Å²) in [6.45, 7) is 0.0302. The molecule has 1 fully saturated rings. The van der Waals surface area contributed by atoms with Crippen molar-refractivity contribution in [3.8, 4) is 5.75 Å². The number of hydrogen-bond donors (Lipinski definition) is 2. The molecule has 47 heavy (non-hydrogen) atoms. The number of benzene rings is 1. The molecule has 2 N–H and O–H groups in total. The lowest BCUT2D eigenvalue weighted by molar-refractivity contribution is -0.159. The number of methoxy groups -OCH3 is 1. The molecule has 0 bridgehead atoms. The van der Waals surface area contributed by atoms with Crippen molar-refractivity contribution in [2.75, 3.05) is 25.5 Å². The number of aromatic nitrogens is 4. The number of amides is 3. The maximum Gasteiger partial charge on any atom is 0.394 e. The SMILES string of the molecule is COC1CCCN(C(=O)C(=O)Nc2ccn(CCC(F)Cn3cc(C(=O)NCc4cc(OC(C)(F)F)ccc4F)nn3)c(=O)c2F)C1. The van der Waals surface area contributed by atoms with Gasteiger partial charge in [0.25, 0.3) is 11.5 Å². The Hall–Kier alpha value is -4.87. The second-order valence-corrected chi connectivity index (χ2v) is 10.8. The number of rotatable bonds is 12. The Morgan fingerprint density at radius 2 is 1.96 bits per heavy atom. The molecule has 2 aromatic heterocycles. The van der Waals surface area contributed by atoms with E-state index in [1.54, 1.807) is 0 Å². The summed E-state index contributed by atoms with van der Waals surface area (Å²) in [5, 5.41) is 11.8. The van der Waals surface area contributed by atoms with Gasteiger partial charge >= 0.3 is 17.9 Å². The highest BCUT2D eigenvalue weighted by atomic mass is 19.3. The first-order valence-electron chi connectivity index (χ1n) is 14.4. The zero-order chi connectivity index (χ0) is 34.3. The first-order chi connectivity index (χ1) is 22.2. The van der Waals surface area contributed by atoms with Crippen molar-refractivity contribution >= 4 is 23.4 Å². The molecular weight excluding hydrogens is 637 g/mol. The highest BCUT2D eigenvalue weighted by Gasteiger charge is 2.29. The third-order valence-electron chi connectivity index (χ3n) is 7.14. The molecule has 0 spiro atoms. The fourth-order valence-electron chi connectivity index (χ4n) is 4.74. The third-order valence-corrected chi connectivity index (χ3v) is 7.14. The zero-order valence-corrected chi connectivity index (χ0v) is 25.4. The van der Waals surface area contributed by atoms with Crippen molar-refractivity contribution in [3.63, 3.8) is 0 Å². The van der Waals surface area contributed by atoms with Crippen LogP contribution in [-0.2, 0) is 34.0 Å². The van der Waals surface area contributed by atoms with Crippen molar-refractivity contribution in [2.45, 2.75) is 64.2 Å². The summed E-state index contributed by atoms with van der Waals surface area (Å²) in [6.07, 6.45) is -1.96. The van der Waals surface area contributed by atoms with Gasteiger partial charge in [0.1, 0.15) is 17.7 Å². The summed E-state index contributed by atoms with van der Waals surface area (Å²) in [5.41, 5.74) is -2.01. The molecule has 0 saturated carbocycles. The second kappa shape index (κ2) is 15.1. The number of hydrogen-bond acceptors (Lipinski definition) is 8. The Bertz CT molecular complexity index is 1660. The van der Waals surface area contributed by atoms with Gasteiger partial charge in [0.15, 0.2) is 5.69 Å². The lowest BCUT2D eigenvalue weighted by Crippen LogP contribution is -2.47. The van der Waals surface area contributed by atoms with Crippen LogP contribution in [0.2, 0.25) is 0 Å². The predicted molar refractivity (Wildman–Crippen MR) is 154 cm³/mol. The number of nitrogens with zero attached hydrogens (tertiary/aromatic N) is 5. The molecular formula is C29H32F5N7O6. The Labute approximate surface area is 264 Å². The van der Waals surface area contributed by atoms with Crippen molar-refractivity contribution < 1.29 is 45.8 Å². The summed E-state index contributed by atoms with van der Waals surface area (Å²) in [7, 11) is 1.50. The molecule has 13 nitrogen and oxygen atoms in total. The Kier molecular flexibility index (Phi) is 11.3. The molecule has 2 atom stereocenters. The van der Waals surface area contributed by atoms with E-state index in [9.17, 15) is 41.1 Å². The lowest BCUT2D eigenvalue weighted by Gasteiger charge is -2.31. The molecule has 1 aromatic carbocycles. The molecule has 1 aliphatic heterocycles. The largest absolute Gasteiger partial charge is 0.433 e. The fourth-order valence-corrected chi connectivity index (χ4v) is 4.74. The number of ether oxygens (including phenoxy) is 2. The van der Waals surface area contributed by atoms with Crippen LogP contribution in [0.4, 0.5) is 27.6 Å². The highest BCUT2D eigenvalue weighted by molar-refractivity contribution is 6.39. The summed E-state index contributed by atoms with van der Waals surface area (Å²) in [6, 6.07) is 4.01. The number of anilines is 1. The van der Waals surface area contributed by atoms with Crippen LogP contribution in [0.15, 0.2) is 41.5 Å². The quantitative estimate of drug-likeness (QED) is 0.221. The monoisotopic (exact) mass is 669 g/mol. The van der Waals surface area contributed by atoms with Crippen molar-refractivity contribution in [1.82, 2.24) is 29.8 Å². The van der Waals surface area contributed by atoms with E-state index in [0.717, 1.165) is 52.3 Å². The van der Waals surface area contributed by atoms with Crippen molar-refractivity contribution in [2.24, 2.45) is 0 Å². The van der Waals surface area contributed by atoms with E-state index in [-0.39, 0.29) is 49.2 Å². The first-order valence-corrected chi connectivity index (χ1v) is 14.4. The van der Waals surface area contributed by atoms with E-state index in [1.807, 2.05) is 0 Å². The molecule has 2 unspecified atom stereocenters. The van der Waals surface area contributed by atoms with Gasteiger partial charge < -0.3 is 29.6 Å². The van der Waals surface area contributed by atoms with Crippen LogP contribution in [0.25, 0.3) is 0 Å². The minimum absolute atomic E-state index is 0.134. The smallest absolute Gasteiger partial charge is 0.394 e. The average Bonchev–Trinajstić information content (AvgIpc) is 3.50. The molecule has 3 aromatic rings. The van der Waals surface area contributed by atoms with Crippen LogP contribution >= 0.6 is 0 Å². The van der Waals surface area contributed by atoms with E-state index in [1.165, 1.54) is 12.0 Å². The van der Waals surface area contributed by atoms with Crippen LogP contribution in [0.1, 0.15) is 42.2 Å². The minimum atomic E-state index is -3.49. The van der Waals surface area contributed by atoms with Crippen LogP contribution in [-0.4, -0.2) is 80.8 Å². The Balaban J connectivity index is 1.27. The van der Waals surface area contributed by atoms with E-state index >= 15 is 0 Å². The van der Waals surface area contributed by atoms with Gasteiger partial charge in [-0.1, -0.05) is 5.21 Å². The molecule has 0 aliphatic carbocycles. The van der Waals surface area contributed by atoms with E-state index in [2.05, 4.69) is 25.7 Å². The summed E-state index contributed by atoms with van der Waals surface area (Å²) >= 11 is 0. The first kappa shape index (κ1) is 35.0. The van der Waals surface area contributed by atoms with Gasteiger partial charge in [-0.2, -0.15) is 13.2 Å². The number of alkyl halides is 3. The number of likely N-dealkylation sites (tertiary alicyclic amines) is 1. The summed E-state index contributed by atoms with van der Waals surface area (Å²) in [4.78, 5) is 51.1. The molecule has 3 amide bonds. The van der Waals surface area contributed by atoms with Gasteiger partial charge in [0.05, 0.1) is 24.5 Å². The molecule has 0 radical (unpaired) electrons. The second-order valence-electron chi connectivity index (χ2n) is 10.8. The van der Waals surface area contributed by atoms with E-state index in [4.69, 9.17) is 4.74 Å². The molecule has 4 rings (SSSR count). The Morgan fingerprint density at radius 3 is 2.68 bits per heavy atom. The van der Waals surface area contributed by atoms with E-state index in [0.29, 0.717) is 19.9 Å². The number of carbonyl (C=O) groups excluding carboxylic acids is 3. The number of pyridine rings is 1. The van der Waals surface area contributed by atoms with Crippen LogP contribution in [0.5, 0.6) is 5.75 Å². The van der Waals surface area contributed by atoms with Gasteiger partial charge in [-0.05, 0) is 43.5 Å². The maximum atomic E-state index is 14.8. The van der Waals surface area contributed by atoms with Crippen LogP contribution < -0.4 is 20.9 Å². The number of aryl methyl sites for hydroxylation is 1. The van der Waals surface area contributed by atoms with Gasteiger partial charge in [-0.25, -0.2) is 13.5 Å². The minimum Gasteiger partial charge on any atom is -0.433 e. The average molecular weight is 670 g/mol. The fraction of sp³-hybridized carbons (Fsp3) is 0.448. The van der Waals surface area contributed by atoms with Crippen LogP contribution in [0.3, 0.4) is 0 Å². The molecule has 18 heteroatoms. The third kappa shape index (κ3) is 9.57. The van der Waals surface area contributed by atoms with Crippen molar-refractivity contribution in [1.29, 1.82) is 0 Å². The van der Waals surface area contributed by atoms with Gasteiger partial charge in [-0.15, -0.1) is 5.10 Å². The number of carbonyl (C=O) groups is 3. The predicted octanol–water partition coefficient (Wildman–Crippen LogP) is 2.64. The van der Waals surface area contributed by atoms with Gasteiger partial charge in [0.2, 0.25) is 5.82 Å². The standard InChI is InChI=1S/C29H32F5N7O6/c1-29(33,34)47-19-5-6-21(31)17(12-19)13-35-25(42)23-16-41(38-37-23)14-18(30)7-10-39-11-8-22(24(32)27(39)44)36-26(43)28(45)40-9-3-4-20(15-40)46-2/h5-6,8,11-12,16,18,20H,3-4,7,9-10,13-15H2,1-2H3,(H,35,42)(H,36,43). The van der Waals surface area contributed by atoms with Crippen LogP contribution in [0, 0.1) is 11.6 Å². The van der Waals surface area contributed by atoms with Gasteiger partial charge in [0, 0.05) is 52.0 Å². The highest BCUT2D eigenvalue weighted by Crippen LogP contribution is 2.23. The number of halogens is 5. The van der Waals surface area contributed by atoms with Crippen molar-refractivity contribution in [3.05, 3.63) is 69.9 Å². The molecule has 254 valence electrons. The topological polar surface area (TPSA) is 150 Å². The zero-order valence-electron chi connectivity index (χ0n) is 25.4. The molecule has 3 heterocycles. The molecule has 1 saturated heterocycles. The number of piperidine rings is 1. The maximum absolute atomic E-state index is 14.8. The normalized spacial score (nSPS) is 15.6. The summed E-state index contributed by atoms with van der Waals surface area (Å²) in [5.74, 6) is -5.21. The van der Waals surface area contributed by atoms with Gasteiger partial charge in [-0.3, -0.25) is 19.2 Å². The Morgan fingerprint density at radius 1 is 1.19 bits per heavy atom. The lowest BCUT2D eigenvalue weighted by atomic mass is 10.1. The summed E-state index contributed by atoms with van der Waals surface area (Å²) < 4.78 is 81.3.